The van der Waals surface area contributed by atoms with Crippen LogP contribution in [0.15, 0.2) is 29.4 Å². The van der Waals surface area contributed by atoms with Crippen LogP contribution in [0, 0.1) is 10.1 Å². The normalized spacial score (nSPS) is 10.6. The van der Waals surface area contributed by atoms with Gasteiger partial charge < -0.3 is 5.32 Å². The fourth-order valence-electron chi connectivity index (χ4n) is 1.22. The van der Waals surface area contributed by atoms with E-state index >= 15 is 0 Å². The average molecular weight is 266 g/mol. The van der Waals surface area contributed by atoms with E-state index in [4.69, 9.17) is 12.2 Å². The molecule has 0 aromatic heterocycles. The standard InChI is InChI=1S/C11H14N4O2S/c1-8(2)13-11(18)14-12-7-9-5-3-4-6-10(9)15(16)17/h3-8H,1-2H3,(H2,13,14,18)/b12-7-. The number of nitro benzene ring substituents is 1. The summed E-state index contributed by atoms with van der Waals surface area (Å²) in [6.45, 7) is 3.89. The Labute approximate surface area is 110 Å². The number of rotatable bonds is 4. The number of hydrogen-bond acceptors (Lipinski definition) is 4. The lowest BCUT2D eigenvalue weighted by Gasteiger charge is -2.09. The summed E-state index contributed by atoms with van der Waals surface area (Å²) < 4.78 is 0. The van der Waals surface area contributed by atoms with Gasteiger partial charge in [0.15, 0.2) is 5.11 Å². The van der Waals surface area contributed by atoms with Crippen molar-refractivity contribution in [3.05, 3.63) is 39.9 Å². The van der Waals surface area contributed by atoms with E-state index in [0.29, 0.717) is 10.7 Å². The van der Waals surface area contributed by atoms with E-state index in [1.807, 2.05) is 13.8 Å². The zero-order valence-corrected chi connectivity index (χ0v) is 10.9. The number of nitrogens with zero attached hydrogens (tertiary/aromatic N) is 2. The summed E-state index contributed by atoms with van der Waals surface area (Å²) in [5.74, 6) is 0. The molecule has 0 heterocycles. The van der Waals surface area contributed by atoms with Crippen molar-refractivity contribution in [1.29, 1.82) is 0 Å². The van der Waals surface area contributed by atoms with Crippen LogP contribution in [0.5, 0.6) is 0 Å². The summed E-state index contributed by atoms with van der Waals surface area (Å²) in [6, 6.07) is 6.55. The van der Waals surface area contributed by atoms with Crippen molar-refractivity contribution < 1.29 is 4.92 Å². The maximum absolute atomic E-state index is 10.7. The second kappa shape index (κ2) is 6.65. The summed E-state index contributed by atoms with van der Waals surface area (Å²) in [5.41, 5.74) is 3.02. The molecule has 0 saturated carbocycles. The summed E-state index contributed by atoms with van der Waals surface area (Å²) >= 11 is 4.96. The van der Waals surface area contributed by atoms with E-state index in [2.05, 4.69) is 15.8 Å². The lowest BCUT2D eigenvalue weighted by molar-refractivity contribution is -0.385. The first-order chi connectivity index (χ1) is 8.50. The first kappa shape index (κ1) is 14.0. The third-order valence-corrected chi connectivity index (χ3v) is 2.13. The monoisotopic (exact) mass is 266 g/mol. The summed E-state index contributed by atoms with van der Waals surface area (Å²) in [4.78, 5) is 10.3. The second-order valence-corrected chi connectivity index (χ2v) is 4.22. The molecule has 0 atom stereocenters. The van der Waals surface area contributed by atoms with Gasteiger partial charge in [0, 0.05) is 12.1 Å². The molecule has 96 valence electrons. The SMILES string of the molecule is CC(C)NC(=S)N/N=C\c1ccccc1[N+](=O)[O-]. The molecule has 0 unspecified atom stereocenters. The fraction of sp³-hybridized carbons (Fsp3) is 0.273. The van der Waals surface area contributed by atoms with Crippen LogP contribution in [0.4, 0.5) is 5.69 Å². The molecule has 6 nitrogen and oxygen atoms in total. The van der Waals surface area contributed by atoms with E-state index in [-0.39, 0.29) is 11.7 Å². The molecule has 0 fully saturated rings. The highest BCUT2D eigenvalue weighted by atomic mass is 32.1. The molecule has 0 aliphatic carbocycles. The summed E-state index contributed by atoms with van der Waals surface area (Å²) in [5, 5.41) is 17.9. The number of hydrogen-bond donors (Lipinski definition) is 2. The van der Waals surface area contributed by atoms with Gasteiger partial charge in [-0.25, -0.2) is 0 Å². The maximum Gasteiger partial charge on any atom is 0.278 e. The van der Waals surface area contributed by atoms with Crippen LogP contribution in [0.3, 0.4) is 0 Å². The smallest absolute Gasteiger partial charge is 0.278 e. The van der Waals surface area contributed by atoms with E-state index in [1.165, 1.54) is 12.3 Å². The largest absolute Gasteiger partial charge is 0.359 e. The molecule has 7 heteroatoms. The number of nitro groups is 1. The van der Waals surface area contributed by atoms with Gasteiger partial charge in [0.05, 0.1) is 16.7 Å². The van der Waals surface area contributed by atoms with Gasteiger partial charge in [-0.15, -0.1) is 0 Å². The van der Waals surface area contributed by atoms with Gasteiger partial charge in [0.1, 0.15) is 0 Å². The van der Waals surface area contributed by atoms with Crippen molar-refractivity contribution in [2.24, 2.45) is 5.10 Å². The molecule has 1 aromatic rings. The zero-order valence-electron chi connectivity index (χ0n) is 10.1. The van der Waals surface area contributed by atoms with Crippen molar-refractivity contribution in [2.75, 3.05) is 0 Å². The quantitative estimate of drug-likeness (QED) is 0.376. The summed E-state index contributed by atoms with van der Waals surface area (Å²) in [6.07, 6.45) is 1.37. The number of thiocarbonyl (C=S) groups is 1. The molecule has 1 aromatic carbocycles. The molecule has 0 radical (unpaired) electrons. The summed E-state index contributed by atoms with van der Waals surface area (Å²) in [7, 11) is 0. The Balaban J connectivity index is 2.68. The maximum atomic E-state index is 10.7. The van der Waals surface area contributed by atoms with Gasteiger partial charge >= 0.3 is 0 Å². The molecule has 0 aliphatic rings. The molecular formula is C11H14N4O2S. The molecule has 0 amide bonds. The number of hydrazone groups is 1. The van der Waals surface area contributed by atoms with Gasteiger partial charge in [0.25, 0.3) is 5.69 Å². The van der Waals surface area contributed by atoms with Crippen LogP contribution >= 0.6 is 12.2 Å². The second-order valence-electron chi connectivity index (χ2n) is 3.81. The Kier molecular flexibility index (Phi) is 5.19. The predicted molar refractivity (Wildman–Crippen MR) is 74.7 cm³/mol. The molecule has 0 bridgehead atoms. The van der Waals surface area contributed by atoms with Crippen LogP contribution in [0.25, 0.3) is 0 Å². The van der Waals surface area contributed by atoms with Gasteiger partial charge in [-0.1, -0.05) is 12.1 Å². The first-order valence-electron chi connectivity index (χ1n) is 5.33. The molecule has 0 aliphatic heterocycles. The highest BCUT2D eigenvalue weighted by Gasteiger charge is 2.09. The minimum Gasteiger partial charge on any atom is -0.359 e. The number of benzene rings is 1. The topological polar surface area (TPSA) is 79.6 Å². The van der Waals surface area contributed by atoms with Crippen molar-refractivity contribution in [3.8, 4) is 0 Å². The van der Waals surface area contributed by atoms with E-state index in [1.54, 1.807) is 18.2 Å². The molecule has 1 rings (SSSR count). The predicted octanol–water partition coefficient (Wildman–Crippen LogP) is 1.80. The lowest BCUT2D eigenvalue weighted by atomic mass is 10.2. The van der Waals surface area contributed by atoms with Gasteiger partial charge in [-0.05, 0) is 32.1 Å². The number of nitrogens with one attached hydrogen (secondary N) is 2. The van der Waals surface area contributed by atoms with Gasteiger partial charge in [0.2, 0.25) is 0 Å². The number of para-hydroxylation sites is 1. The average Bonchev–Trinajstić information content (AvgIpc) is 2.28. The van der Waals surface area contributed by atoms with Crippen LogP contribution < -0.4 is 10.7 Å². The molecular weight excluding hydrogens is 252 g/mol. The molecule has 2 N–H and O–H groups in total. The van der Waals surface area contributed by atoms with Crippen LogP contribution in [-0.4, -0.2) is 22.3 Å². The molecule has 0 saturated heterocycles. The fourth-order valence-corrected chi connectivity index (χ4v) is 1.51. The highest BCUT2D eigenvalue weighted by Crippen LogP contribution is 2.14. The zero-order chi connectivity index (χ0) is 13.5. The van der Waals surface area contributed by atoms with Crippen LogP contribution in [-0.2, 0) is 0 Å². The minimum absolute atomic E-state index is 0.00536. The van der Waals surface area contributed by atoms with E-state index < -0.39 is 4.92 Å². The lowest BCUT2D eigenvalue weighted by Crippen LogP contribution is -2.36. The third kappa shape index (κ3) is 4.46. The first-order valence-corrected chi connectivity index (χ1v) is 5.74. The van der Waals surface area contributed by atoms with Crippen molar-refractivity contribution in [3.63, 3.8) is 0 Å². The van der Waals surface area contributed by atoms with Crippen LogP contribution in [0.1, 0.15) is 19.4 Å². The van der Waals surface area contributed by atoms with E-state index in [0.717, 1.165) is 0 Å². The Morgan fingerprint density at radius 3 is 2.78 bits per heavy atom. The van der Waals surface area contributed by atoms with Crippen LogP contribution in [0.2, 0.25) is 0 Å². The van der Waals surface area contributed by atoms with Crippen molar-refractivity contribution in [1.82, 2.24) is 10.7 Å². The highest BCUT2D eigenvalue weighted by molar-refractivity contribution is 7.80. The van der Waals surface area contributed by atoms with Crippen molar-refractivity contribution in [2.45, 2.75) is 19.9 Å². The van der Waals surface area contributed by atoms with Gasteiger partial charge in [-0.2, -0.15) is 5.10 Å². The third-order valence-electron chi connectivity index (χ3n) is 1.92. The Hall–Kier alpha value is -2.02. The van der Waals surface area contributed by atoms with Gasteiger partial charge in [-0.3, -0.25) is 15.5 Å². The minimum atomic E-state index is -0.452. The Bertz CT molecular complexity index is 474. The van der Waals surface area contributed by atoms with E-state index in [9.17, 15) is 10.1 Å². The Morgan fingerprint density at radius 1 is 1.50 bits per heavy atom. The molecule has 18 heavy (non-hydrogen) atoms. The Morgan fingerprint density at radius 2 is 2.17 bits per heavy atom. The van der Waals surface area contributed by atoms with Crippen molar-refractivity contribution >= 4 is 29.2 Å². The molecule has 0 spiro atoms.